The molecule has 0 N–H and O–H groups in total. The summed E-state index contributed by atoms with van der Waals surface area (Å²) >= 11 is 0. The maximum Gasteiger partial charge on any atom is 0.0690 e. The maximum atomic E-state index is 8.66. The fraction of sp³-hybridized carbons (Fsp3) is 0.667. The number of rotatable bonds is 2. The third-order valence-corrected chi connectivity index (χ3v) is 2.00. The average molecular weight is 133 g/mol. The molecule has 0 atom stereocenters. The van der Waals surface area contributed by atoms with Gasteiger partial charge in [-0.2, -0.15) is 5.26 Å². The molecule has 1 rings (SSSR count). The van der Waals surface area contributed by atoms with E-state index >= 15 is 0 Å². The van der Waals surface area contributed by atoms with E-state index in [0.29, 0.717) is 0 Å². The van der Waals surface area contributed by atoms with Crippen molar-refractivity contribution in [3.05, 3.63) is 0 Å². The topological polar surface area (TPSA) is 23.8 Å². The lowest BCUT2D eigenvalue weighted by molar-refractivity contribution is 0.612. The van der Waals surface area contributed by atoms with Gasteiger partial charge in [0, 0.05) is 6.42 Å². The minimum atomic E-state index is 0.0455. The van der Waals surface area contributed by atoms with Crippen LogP contribution in [0.5, 0.6) is 0 Å². The highest BCUT2D eigenvalue weighted by molar-refractivity contribution is 5.11. The van der Waals surface area contributed by atoms with E-state index in [1.54, 1.807) is 0 Å². The Balaban J connectivity index is 2.25. The summed E-state index contributed by atoms with van der Waals surface area (Å²) in [7, 11) is 0. The van der Waals surface area contributed by atoms with E-state index < -0.39 is 0 Å². The van der Waals surface area contributed by atoms with E-state index in [1.807, 2.05) is 6.92 Å². The predicted octanol–water partition coefficient (Wildman–Crippen LogP) is 2.09. The van der Waals surface area contributed by atoms with Crippen LogP contribution in [0.3, 0.4) is 0 Å². The molecule has 1 saturated carbocycles. The zero-order valence-corrected chi connectivity index (χ0v) is 6.28. The van der Waals surface area contributed by atoms with Gasteiger partial charge in [0.2, 0.25) is 0 Å². The van der Waals surface area contributed by atoms with Crippen molar-refractivity contribution >= 4 is 0 Å². The Morgan fingerprint density at radius 3 is 2.60 bits per heavy atom. The minimum absolute atomic E-state index is 0.0455. The molecule has 0 aromatic heterocycles. The van der Waals surface area contributed by atoms with Crippen molar-refractivity contribution in [2.45, 2.75) is 32.6 Å². The Morgan fingerprint density at radius 2 is 2.20 bits per heavy atom. The van der Waals surface area contributed by atoms with Gasteiger partial charge in [0.1, 0.15) is 0 Å². The number of hydrogen-bond donors (Lipinski definition) is 0. The van der Waals surface area contributed by atoms with Crippen molar-refractivity contribution in [1.29, 1.82) is 5.26 Å². The molecule has 1 fully saturated rings. The van der Waals surface area contributed by atoms with Crippen molar-refractivity contribution in [3.8, 4) is 17.9 Å². The van der Waals surface area contributed by atoms with Crippen LogP contribution < -0.4 is 0 Å². The number of hydrogen-bond acceptors (Lipinski definition) is 1. The van der Waals surface area contributed by atoms with Crippen LogP contribution in [0.1, 0.15) is 32.6 Å². The fourth-order valence-corrected chi connectivity index (χ4v) is 0.995. The molecule has 0 amide bonds. The summed E-state index contributed by atoms with van der Waals surface area (Å²) in [5.41, 5.74) is 0.0455. The summed E-state index contributed by atoms with van der Waals surface area (Å²) < 4.78 is 0. The lowest BCUT2D eigenvalue weighted by atomic mass is 10.0. The molecule has 0 saturated heterocycles. The molecule has 0 heterocycles. The smallest absolute Gasteiger partial charge is 0.0690 e. The summed E-state index contributed by atoms with van der Waals surface area (Å²) in [5.74, 6) is 5.81. The summed E-state index contributed by atoms with van der Waals surface area (Å²) in [6, 6.07) is 2.34. The van der Waals surface area contributed by atoms with Crippen LogP contribution >= 0.6 is 0 Å². The second kappa shape index (κ2) is 2.76. The van der Waals surface area contributed by atoms with Crippen molar-refractivity contribution < 1.29 is 0 Å². The van der Waals surface area contributed by atoms with Crippen molar-refractivity contribution in [2.75, 3.05) is 0 Å². The van der Waals surface area contributed by atoms with Crippen LogP contribution in [-0.4, -0.2) is 0 Å². The van der Waals surface area contributed by atoms with Gasteiger partial charge in [0.15, 0.2) is 0 Å². The van der Waals surface area contributed by atoms with Gasteiger partial charge in [-0.05, 0) is 26.2 Å². The quantitative estimate of drug-likeness (QED) is 0.529. The summed E-state index contributed by atoms with van der Waals surface area (Å²) in [4.78, 5) is 0. The highest BCUT2D eigenvalue weighted by atomic mass is 14.5. The van der Waals surface area contributed by atoms with E-state index in [4.69, 9.17) is 5.26 Å². The Morgan fingerprint density at radius 1 is 1.50 bits per heavy atom. The fourth-order valence-electron chi connectivity index (χ4n) is 0.995. The van der Waals surface area contributed by atoms with Crippen molar-refractivity contribution in [2.24, 2.45) is 5.41 Å². The first-order valence-electron chi connectivity index (χ1n) is 3.64. The molecule has 1 aliphatic carbocycles. The number of nitriles is 1. The monoisotopic (exact) mass is 133 g/mol. The minimum Gasteiger partial charge on any atom is -0.198 e. The average Bonchev–Trinajstić information content (AvgIpc) is 2.70. The Hall–Kier alpha value is -0.950. The van der Waals surface area contributed by atoms with Gasteiger partial charge in [-0.15, -0.1) is 11.8 Å². The van der Waals surface area contributed by atoms with Crippen LogP contribution in [0.25, 0.3) is 0 Å². The molecule has 1 aliphatic rings. The van der Waals surface area contributed by atoms with E-state index in [9.17, 15) is 0 Å². The lowest BCUT2D eigenvalue weighted by Crippen LogP contribution is -1.93. The molecule has 52 valence electrons. The van der Waals surface area contributed by atoms with Crippen LogP contribution in [0.15, 0.2) is 0 Å². The Labute approximate surface area is 62.0 Å². The molecular formula is C9H11N. The highest BCUT2D eigenvalue weighted by Crippen LogP contribution is 2.48. The molecule has 0 aliphatic heterocycles. The zero-order valence-electron chi connectivity index (χ0n) is 6.28. The zero-order chi connectivity index (χ0) is 7.45. The van der Waals surface area contributed by atoms with E-state index in [0.717, 1.165) is 25.7 Å². The van der Waals surface area contributed by atoms with Gasteiger partial charge in [-0.1, -0.05) is 0 Å². The highest BCUT2D eigenvalue weighted by Gasteiger charge is 2.41. The van der Waals surface area contributed by atoms with E-state index in [2.05, 4.69) is 17.9 Å². The molecule has 0 spiro atoms. The van der Waals surface area contributed by atoms with E-state index in [-0.39, 0.29) is 5.41 Å². The predicted molar refractivity (Wildman–Crippen MR) is 40.0 cm³/mol. The van der Waals surface area contributed by atoms with Crippen molar-refractivity contribution in [3.63, 3.8) is 0 Å². The molecule has 0 bridgehead atoms. The molecule has 0 unspecified atom stereocenters. The maximum absolute atomic E-state index is 8.66. The standard InChI is InChI=1S/C9H11N/c1-2-3-4-5-9(8-10)6-7-9/h4-7H2,1H3. The lowest BCUT2D eigenvalue weighted by Gasteiger charge is -1.98. The normalized spacial score (nSPS) is 18.4. The van der Waals surface area contributed by atoms with Crippen LogP contribution in [0.2, 0.25) is 0 Å². The van der Waals surface area contributed by atoms with Crippen LogP contribution in [0, 0.1) is 28.6 Å². The van der Waals surface area contributed by atoms with Crippen molar-refractivity contribution in [1.82, 2.24) is 0 Å². The third kappa shape index (κ3) is 1.52. The molecule has 0 aromatic rings. The molecule has 1 nitrogen and oxygen atoms in total. The second-order valence-corrected chi connectivity index (χ2v) is 2.82. The Bertz CT molecular complexity index is 207. The van der Waals surface area contributed by atoms with Gasteiger partial charge >= 0.3 is 0 Å². The largest absolute Gasteiger partial charge is 0.198 e. The third-order valence-electron chi connectivity index (χ3n) is 2.00. The molecule has 10 heavy (non-hydrogen) atoms. The van der Waals surface area contributed by atoms with Gasteiger partial charge in [-0.3, -0.25) is 0 Å². The summed E-state index contributed by atoms with van der Waals surface area (Å²) in [5, 5.41) is 8.66. The molecule has 0 radical (unpaired) electrons. The number of nitrogens with zero attached hydrogens (tertiary/aromatic N) is 1. The summed E-state index contributed by atoms with van der Waals surface area (Å²) in [6.07, 6.45) is 4.05. The van der Waals surface area contributed by atoms with E-state index in [1.165, 1.54) is 0 Å². The second-order valence-electron chi connectivity index (χ2n) is 2.82. The first kappa shape index (κ1) is 7.16. The first-order valence-corrected chi connectivity index (χ1v) is 3.64. The van der Waals surface area contributed by atoms with Crippen LogP contribution in [0.4, 0.5) is 0 Å². The Kier molecular flexibility index (Phi) is 1.97. The first-order chi connectivity index (χ1) is 4.83. The van der Waals surface area contributed by atoms with Gasteiger partial charge < -0.3 is 0 Å². The summed E-state index contributed by atoms with van der Waals surface area (Å²) in [6.45, 7) is 1.84. The SMILES string of the molecule is CC#CCCC1(C#N)CC1. The van der Waals surface area contributed by atoms with Gasteiger partial charge in [0.05, 0.1) is 11.5 Å². The molecular weight excluding hydrogens is 122 g/mol. The molecule has 1 heteroatoms. The van der Waals surface area contributed by atoms with Gasteiger partial charge in [-0.25, -0.2) is 0 Å². The van der Waals surface area contributed by atoms with Crippen LogP contribution in [-0.2, 0) is 0 Å². The molecule has 0 aromatic carbocycles. The van der Waals surface area contributed by atoms with Gasteiger partial charge in [0.25, 0.3) is 0 Å².